The van der Waals surface area contributed by atoms with Crippen LogP contribution in [-0.2, 0) is 17.5 Å². The molecule has 1 atom stereocenters. The van der Waals surface area contributed by atoms with Crippen LogP contribution in [0.3, 0.4) is 0 Å². The number of hydrogen-bond donors (Lipinski definition) is 2. The minimum absolute atomic E-state index is 0.0502. The number of nitrogens with one attached hydrogen (secondary N) is 1. The molecule has 1 unspecified atom stereocenters. The van der Waals surface area contributed by atoms with Crippen LogP contribution in [0, 0.1) is 5.92 Å². The number of nitrogens with zero attached hydrogens (tertiary/aromatic N) is 2. The van der Waals surface area contributed by atoms with Gasteiger partial charge >= 0.3 is 6.18 Å². The smallest absolute Gasteiger partial charge is 0.396 e. The zero-order chi connectivity index (χ0) is 15.9. The van der Waals surface area contributed by atoms with Gasteiger partial charge in [-0.2, -0.15) is 18.3 Å². The van der Waals surface area contributed by atoms with Crippen molar-refractivity contribution in [2.75, 3.05) is 13.2 Å². The van der Waals surface area contributed by atoms with Crippen molar-refractivity contribution in [3.8, 4) is 0 Å². The van der Waals surface area contributed by atoms with Crippen LogP contribution >= 0.6 is 0 Å². The highest BCUT2D eigenvalue weighted by molar-refractivity contribution is 5.75. The summed E-state index contributed by atoms with van der Waals surface area (Å²) in [6.45, 7) is 2.21. The molecule has 0 aliphatic heterocycles. The summed E-state index contributed by atoms with van der Waals surface area (Å²) < 4.78 is 38.0. The Morgan fingerprint density at radius 3 is 2.71 bits per heavy atom. The molecule has 5 nitrogen and oxygen atoms in total. The third kappa shape index (κ3) is 6.16. The first kappa shape index (κ1) is 17.5. The van der Waals surface area contributed by atoms with Crippen molar-refractivity contribution in [3.05, 3.63) is 18.0 Å². The van der Waals surface area contributed by atoms with Gasteiger partial charge in [-0.1, -0.05) is 13.3 Å². The SMILES string of the molecule is CCCC(CCO)CNC(=O)Cn1ccc(C(F)(F)F)n1. The molecule has 0 aromatic carbocycles. The average molecular weight is 307 g/mol. The van der Waals surface area contributed by atoms with Crippen LogP contribution in [0.15, 0.2) is 12.3 Å². The summed E-state index contributed by atoms with van der Waals surface area (Å²) in [6, 6.07) is 0.832. The van der Waals surface area contributed by atoms with E-state index in [-0.39, 0.29) is 19.1 Å². The minimum atomic E-state index is -4.50. The molecule has 120 valence electrons. The first-order valence-corrected chi connectivity index (χ1v) is 6.85. The van der Waals surface area contributed by atoms with Gasteiger partial charge in [0.05, 0.1) is 0 Å². The molecule has 21 heavy (non-hydrogen) atoms. The van der Waals surface area contributed by atoms with E-state index in [2.05, 4.69) is 10.4 Å². The summed E-state index contributed by atoms with van der Waals surface area (Å²) in [4.78, 5) is 11.7. The number of amides is 1. The molecule has 1 rings (SSSR count). The number of aromatic nitrogens is 2. The predicted molar refractivity (Wildman–Crippen MR) is 70.3 cm³/mol. The second kappa shape index (κ2) is 8.02. The van der Waals surface area contributed by atoms with Crippen molar-refractivity contribution in [3.63, 3.8) is 0 Å². The van der Waals surface area contributed by atoms with Gasteiger partial charge < -0.3 is 10.4 Å². The summed E-state index contributed by atoms with van der Waals surface area (Å²) in [5.74, 6) is -0.224. The Morgan fingerprint density at radius 1 is 1.48 bits per heavy atom. The van der Waals surface area contributed by atoms with Crippen molar-refractivity contribution in [1.82, 2.24) is 15.1 Å². The molecule has 0 aliphatic carbocycles. The molecule has 1 aromatic heterocycles. The molecule has 2 N–H and O–H groups in total. The molecule has 1 heterocycles. The third-order valence-corrected chi connectivity index (χ3v) is 3.06. The highest BCUT2D eigenvalue weighted by Gasteiger charge is 2.33. The van der Waals surface area contributed by atoms with E-state index >= 15 is 0 Å². The molecule has 0 spiro atoms. The van der Waals surface area contributed by atoms with E-state index in [9.17, 15) is 18.0 Å². The van der Waals surface area contributed by atoms with E-state index in [1.165, 1.54) is 0 Å². The van der Waals surface area contributed by atoms with Gasteiger partial charge in [-0.05, 0) is 24.8 Å². The monoisotopic (exact) mass is 307 g/mol. The fourth-order valence-electron chi connectivity index (χ4n) is 2.00. The van der Waals surface area contributed by atoms with Gasteiger partial charge in [0.2, 0.25) is 5.91 Å². The molecule has 0 saturated carbocycles. The number of carbonyl (C=O) groups excluding carboxylic acids is 1. The summed E-state index contributed by atoms with van der Waals surface area (Å²) in [5, 5.41) is 14.9. The quantitative estimate of drug-likeness (QED) is 0.770. The van der Waals surface area contributed by atoms with Gasteiger partial charge in [-0.25, -0.2) is 0 Å². The number of halogens is 3. The lowest BCUT2D eigenvalue weighted by molar-refractivity contribution is -0.141. The summed E-state index contributed by atoms with van der Waals surface area (Å²) in [6.07, 6.45) is -0.974. The molecular weight excluding hydrogens is 287 g/mol. The lowest BCUT2D eigenvalue weighted by Crippen LogP contribution is -2.32. The number of rotatable bonds is 8. The summed E-state index contributed by atoms with van der Waals surface area (Å²) >= 11 is 0. The first-order valence-electron chi connectivity index (χ1n) is 6.85. The molecule has 0 bridgehead atoms. The fraction of sp³-hybridized carbons (Fsp3) is 0.692. The molecule has 8 heteroatoms. The van der Waals surface area contributed by atoms with Crippen LogP contribution in [0.25, 0.3) is 0 Å². The molecular formula is C13H20F3N3O2. The largest absolute Gasteiger partial charge is 0.435 e. The number of carbonyl (C=O) groups is 1. The normalized spacial score (nSPS) is 13.2. The summed E-state index contributed by atoms with van der Waals surface area (Å²) in [5.41, 5.74) is -1.01. The Balaban J connectivity index is 2.44. The topological polar surface area (TPSA) is 67.2 Å². The van der Waals surface area contributed by atoms with Crippen LogP contribution in [0.5, 0.6) is 0 Å². The van der Waals surface area contributed by atoms with E-state index in [0.717, 1.165) is 29.8 Å². The van der Waals surface area contributed by atoms with Crippen molar-refractivity contribution in [2.45, 2.75) is 38.9 Å². The van der Waals surface area contributed by atoms with Gasteiger partial charge in [0.15, 0.2) is 5.69 Å². The molecule has 1 amide bonds. The Kier molecular flexibility index (Phi) is 6.67. The lowest BCUT2D eigenvalue weighted by atomic mass is 10.0. The molecule has 0 aliphatic rings. The van der Waals surface area contributed by atoms with Gasteiger partial charge in [-0.15, -0.1) is 0 Å². The predicted octanol–water partition coefficient (Wildman–Crippen LogP) is 1.82. The Bertz CT molecular complexity index is 440. The van der Waals surface area contributed by atoms with Crippen LogP contribution in [0.1, 0.15) is 31.9 Å². The maximum Gasteiger partial charge on any atom is 0.435 e. The van der Waals surface area contributed by atoms with E-state index in [4.69, 9.17) is 5.11 Å². The van der Waals surface area contributed by atoms with Crippen LogP contribution in [0.2, 0.25) is 0 Å². The molecule has 1 aromatic rings. The number of alkyl halides is 3. The van der Waals surface area contributed by atoms with Crippen LogP contribution in [0.4, 0.5) is 13.2 Å². The Labute approximate surface area is 121 Å². The van der Waals surface area contributed by atoms with E-state index in [1.54, 1.807) is 0 Å². The first-order chi connectivity index (χ1) is 9.86. The zero-order valence-electron chi connectivity index (χ0n) is 11.9. The summed E-state index contributed by atoms with van der Waals surface area (Å²) in [7, 11) is 0. The third-order valence-electron chi connectivity index (χ3n) is 3.06. The Hall–Kier alpha value is -1.57. The minimum Gasteiger partial charge on any atom is -0.396 e. The van der Waals surface area contributed by atoms with Crippen molar-refractivity contribution in [1.29, 1.82) is 0 Å². The van der Waals surface area contributed by atoms with Gasteiger partial charge in [0, 0.05) is 19.3 Å². The average Bonchev–Trinajstić information content (AvgIpc) is 2.85. The molecule has 0 radical (unpaired) electrons. The van der Waals surface area contributed by atoms with Gasteiger partial charge in [-0.3, -0.25) is 9.48 Å². The molecule has 0 saturated heterocycles. The maximum atomic E-state index is 12.4. The van der Waals surface area contributed by atoms with E-state index in [0.29, 0.717) is 13.0 Å². The Morgan fingerprint density at radius 2 is 2.19 bits per heavy atom. The van der Waals surface area contributed by atoms with E-state index in [1.807, 2.05) is 6.92 Å². The van der Waals surface area contributed by atoms with Crippen molar-refractivity contribution >= 4 is 5.91 Å². The fourth-order valence-corrected chi connectivity index (χ4v) is 2.00. The van der Waals surface area contributed by atoms with Gasteiger partial charge in [0.1, 0.15) is 6.54 Å². The number of aliphatic hydroxyl groups excluding tert-OH is 1. The molecule has 0 fully saturated rings. The second-order valence-electron chi connectivity index (χ2n) is 4.87. The number of aliphatic hydroxyl groups is 1. The van der Waals surface area contributed by atoms with Crippen molar-refractivity contribution in [2.24, 2.45) is 5.92 Å². The lowest BCUT2D eigenvalue weighted by Gasteiger charge is -2.15. The zero-order valence-corrected chi connectivity index (χ0v) is 11.9. The van der Waals surface area contributed by atoms with E-state index < -0.39 is 17.8 Å². The van der Waals surface area contributed by atoms with Crippen LogP contribution in [-0.4, -0.2) is 33.9 Å². The van der Waals surface area contributed by atoms with Crippen LogP contribution < -0.4 is 5.32 Å². The maximum absolute atomic E-state index is 12.4. The van der Waals surface area contributed by atoms with Gasteiger partial charge in [0.25, 0.3) is 0 Å². The second-order valence-corrected chi connectivity index (χ2v) is 4.87. The van der Waals surface area contributed by atoms with Crippen molar-refractivity contribution < 1.29 is 23.1 Å². The highest BCUT2D eigenvalue weighted by Crippen LogP contribution is 2.27. The number of hydrogen-bond acceptors (Lipinski definition) is 3. The standard InChI is InChI=1S/C13H20F3N3O2/c1-2-3-10(5-7-20)8-17-12(21)9-19-6-4-11(18-19)13(14,15)16/h4,6,10,20H,2-3,5,7-9H2,1H3,(H,17,21). The highest BCUT2D eigenvalue weighted by atomic mass is 19.4.